The van der Waals surface area contributed by atoms with Crippen LogP contribution in [-0.4, -0.2) is 81.3 Å². The van der Waals surface area contributed by atoms with Crippen molar-refractivity contribution >= 4 is 12.0 Å². The van der Waals surface area contributed by atoms with Crippen LogP contribution < -0.4 is 10.6 Å². The monoisotopic (exact) mass is 314 g/mol. The molecule has 0 atom stereocenters. The quantitative estimate of drug-likeness (QED) is 0.629. The van der Waals surface area contributed by atoms with Crippen molar-refractivity contribution < 1.29 is 14.3 Å². The average Bonchev–Trinajstić information content (AvgIpc) is 2.50. The normalized spacial score (nSPS) is 15.9. The van der Waals surface area contributed by atoms with Gasteiger partial charge in [-0.2, -0.15) is 0 Å². The Labute approximate surface area is 133 Å². The van der Waals surface area contributed by atoms with Crippen LogP contribution in [0.25, 0.3) is 0 Å². The van der Waals surface area contributed by atoms with E-state index in [1.807, 2.05) is 21.0 Å². The molecule has 0 aromatic heterocycles. The Morgan fingerprint density at radius 1 is 1.27 bits per heavy atom. The lowest BCUT2D eigenvalue weighted by molar-refractivity contribution is -0.120. The highest BCUT2D eigenvalue weighted by Gasteiger charge is 2.23. The summed E-state index contributed by atoms with van der Waals surface area (Å²) in [5.74, 6) is 0.0339. The zero-order chi connectivity index (χ0) is 16.4. The van der Waals surface area contributed by atoms with Gasteiger partial charge in [-0.3, -0.25) is 4.79 Å². The van der Waals surface area contributed by atoms with Gasteiger partial charge in [-0.05, 0) is 46.8 Å². The lowest BCUT2D eigenvalue weighted by atomic mass is 10.1. The summed E-state index contributed by atoms with van der Waals surface area (Å²) in [6.45, 7) is 5.60. The molecule has 0 saturated carbocycles. The smallest absolute Gasteiger partial charge is 0.409 e. The summed E-state index contributed by atoms with van der Waals surface area (Å²) in [5.41, 5.74) is 0. The van der Waals surface area contributed by atoms with E-state index in [-0.39, 0.29) is 12.0 Å². The highest BCUT2D eigenvalue weighted by molar-refractivity contribution is 5.78. The first-order valence-electron chi connectivity index (χ1n) is 8.09. The first-order chi connectivity index (χ1) is 10.5. The fourth-order valence-corrected chi connectivity index (χ4v) is 2.40. The van der Waals surface area contributed by atoms with E-state index in [1.54, 1.807) is 4.90 Å². The summed E-state index contributed by atoms with van der Waals surface area (Å²) < 4.78 is 4.99. The molecular formula is C15H30N4O3. The van der Waals surface area contributed by atoms with Gasteiger partial charge >= 0.3 is 6.09 Å². The van der Waals surface area contributed by atoms with Gasteiger partial charge in [0.2, 0.25) is 5.91 Å². The van der Waals surface area contributed by atoms with E-state index in [2.05, 4.69) is 15.5 Å². The highest BCUT2D eigenvalue weighted by Crippen LogP contribution is 2.11. The van der Waals surface area contributed by atoms with E-state index < -0.39 is 0 Å². The Morgan fingerprint density at radius 3 is 2.55 bits per heavy atom. The summed E-state index contributed by atoms with van der Waals surface area (Å²) in [7, 11) is 4.04. The second-order valence-corrected chi connectivity index (χ2v) is 5.85. The lowest BCUT2D eigenvalue weighted by Gasteiger charge is -2.31. The number of nitrogens with one attached hydrogen (secondary N) is 2. The van der Waals surface area contributed by atoms with Crippen molar-refractivity contribution in [3.8, 4) is 0 Å². The fraction of sp³-hybridized carbons (Fsp3) is 0.867. The number of nitrogens with zero attached hydrogens (tertiary/aromatic N) is 2. The Hall–Kier alpha value is -1.34. The number of hydrogen-bond acceptors (Lipinski definition) is 5. The summed E-state index contributed by atoms with van der Waals surface area (Å²) in [5, 5.41) is 6.17. The molecule has 7 nitrogen and oxygen atoms in total. The second-order valence-electron chi connectivity index (χ2n) is 5.85. The van der Waals surface area contributed by atoms with Gasteiger partial charge in [0.25, 0.3) is 0 Å². The molecule has 0 aromatic carbocycles. The average molecular weight is 314 g/mol. The van der Waals surface area contributed by atoms with Crippen LogP contribution in [0.4, 0.5) is 4.79 Å². The molecule has 0 spiro atoms. The number of carbonyl (C=O) groups is 2. The molecule has 1 saturated heterocycles. The molecule has 128 valence electrons. The number of likely N-dealkylation sites (tertiary alicyclic amines) is 1. The molecule has 2 N–H and O–H groups in total. The van der Waals surface area contributed by atoms with Gasteiger partial charge in [0.05, 0.1) is 13.2 Å². The number of carbonyl (C=O) groups excluding carboxylic acids is 2. The largest absolute Gasteiger partial charge is 0.450 e. The molecule has 0 aromatic rings. The van der Waals surface area contributed by atoms with E-state index in [0.29, 0.717) is 38.8 Å². The minimum absolute atomic E-state index is 0.0339. The van der Waals surface area contributed by atoms with Crippen LogP contribution in [0.1, 0.15) is 26.2 Å². The van der Waals surface area contributed by atoms with Crippen LogP contribution in [0.5, 0.6) is 0 Å². The Kier molecular flexibility index (Phi) is 8.84. The van der Waals surface area contributed by atoms with Crippen LogP contribution in [-0.2, 0) is 9.53 Å². The molecule has 0 aliphatic carbocycles. The third-order valence-electron chi connectivity index (χ3n) is 3.68. The van der Waals surface area contributed by atoms with Gasteiger partial charge in [0, 0.05) is 25.7 Å². The summed E-state index contributed by atoms with van der Waals surface area (Å²) in [6, 6.07) is 0.290. The van der Waals surface area contributed by atoms with Crippen molar-refractivity contribution in [2.45, 2.75) is 32.2 Å². The van der Waals surface area contributed by atoms with Crippen LogP contribution >= 0.6 is 0 Å². The van der Waals surface area contributed by atoms with Gasteiger partial charge in [0.1, 0.15) is 0 Å². The molecule has 1 aliphatic rings. The number of ether oxygens (including phenoxy) is 1. The zero-order valence-corrected chi connectivity index (χ0v) is 14.1. The molecule has 1 rings (SSSR count). The molecule has 2 amide bonds. The third kappa shape index (κ3) is 7.61. The second kappa shape index (κ2) is 10.4. The van der Waals surface area contributed by atoms with E-state index in [9.17, 15) is 9.59 Å². The van der Waals surface area contributed by atoms with Crippen molar-refractivity contribution in [2.24, 2.45) is 0 Å². The first-order valence-corrected chi connectivity index (χ1v) is 8.09. The van der Waals surface area contributed by atoms with Crippen LogP contribution in [0.2, 0.25) is 0 Å². The van der Waals surface area contributed by atoms with Gasteiger partial charge in [-0.15, -0.1) is 0 Å². The summed E-state index contributed by atoms with van der Waals surface area (Å²) in [4.78, 5) is 27.1. The van der Waals surface area contributed by atoms with Crippen molar-refractivity contribution in [3.63, 3.8) is 0 Å². The number of hydrogen-bond donors (Lipinski definition) is 2. The maximum absolute atomic E-state index is 11.7. The lowest BCUT2D eigenvalue weighted by Crippen LogP contribution is -2.47. The predicted octanol–water partition coefficient (Wildman–Crippen LogP) is 0.265. The zero-order valence-electron chi connectivity index (χ0n) is 14.1. The SMILES string of the molecule is CCOC(=O)N1CCC(NCC(=O)NCCCN(C)C)CC1. The van der Waals surface area contributed by atoms with Gasteiger partial charge in [-0.25, -0.2) is 4.79 Å². The molecule has 7 heteroatoms. The number of rotatable bonds is 8. The molecule has 1 heterocycles. The maximum atomic E-state index is 11.7. The van der Waals surface area contributed by atoms with Crippen LogP contribution in [0, 0.1) is 0 Å². The first kappa shape index (κ1) is 18.7. The minimum atomic E-state index is -0.236. The van der Waals surface area contributed by atoms with Crippen molar-refractivity contribution in [2.75, 3.05) is 53.4 Å². The van der Waals surface area contributed by atoms with Gasteiger partial charge < -0.3 is 25.2 Å². The van der Waals surface area contributed by atoms with Crippen molar-refractivity contribution in [1.29, 1.82) is 0 Å². The highest BCUT2D eigenvalue weighted by atomic mass is 16.6. The van der Waals surface area contributed by atoms with Crippen LogP contribution in [0.15, 0.2) is 0 Å². The van der Waals surface area contributed by atoms with Gasteiger partial charge in [0.15, 0.2) is 0 Å². The Balaban J connectivity index is 2.09. The van der Waals surface area contributed by atoms with Gasteiger partial charge in [-0.1, -0.05) is 0 Å². The summed E-state index contributed by atoms with van der Waals surface area (Å²) >= 11 is 0. The Morgan fingerprint density at radius 2 is 1.95 bits per heavy atom. The number of amides is 2. The molecule has 0 bridgehead atoms. The standard InChI is InChI=1S/C15H30N4O3/c1-4-22-15(21)19-10-6-13(7-11-19)17-12-14(20)16-8-5-9-18(2)3/h13,17H,4-12H2,1-3H3,(H,16,20). The van der Waals surface area contributed by atoms with E-state index in [0.717, 1.165) is 25.8 Å². The van der Waals surface area contributed by atoms with E-state index in [4.69, 9.17) is 4.74 Å². The predicted molar refractivity (Wildman–Crippen MR) is 85.8 cm³/mol. The fourth-order valence-electron chi connectivity index (χ4n) is 2.40. The molecular weight excluding hydrogens is 284 g/mol. The molecule has 1 fully saturated rings. The van der Waals surface area contributed by atoms with Crippen molar-refractivity contribution in [1.82, 2.24) is 20.4 Å². The maximum Gasteiger partial charge on any atom is 0.409 e. The number of piperidine rings is 1. The Bertz CT molecular complexity index is 342. The van der Waals surface area contributed by atoms with Crippen LogP contribution in [0.3, 0.4) is 0 Å². The third-order valence-corrected chi connectivity index (χ3v) is 3.68. The molecule has 22 heavy (non-hydrogen) atoms. The molecule has 0 unspecified atom stereocenters. The topological polar surface area (TPSA) is 73.9 Å². The molecule has 0 radical (unpaired) electrons. The van der Waals surface area contributed by atoms with E-state index >= 15 is 0 Å². The molecule has 1 aliphatic heterocycles. The van der Waals surface area contributed by atoms with Crippen molar-refractivity contribution in [3.05, 3.63) is 0 Å². The summed E-state index contributed by atoms with van der Waals surface area (Å²) in [6.07, 6.45) is 2.43. The van der Waals surface area contributed by atoms with E-state index in [1.165, 1.54) is 0 Å². The minimum Gasteiger partial charge on any atom is -0.450 e.